The largest absolute Gasteiger partial charge is 0.481 e. The number of rotatable bonds is 5. The molecule has 0 saturated heterocycles. The zero-order valence-corrected chi connectivity index (χ0v) is 13.4. The molecule has 23 heavy (non-hydrogen) atoms. The summed E-state index contributed by atoms with van der Waals surface area (Å²) in [5, 5.41) is 12.3. The van der Waals surface area contributed by atoms with Gasteiger partial charge in [0.1, 0.15) is 5.75 Å². The number of carboxylic acid groups (broad SMARTS) is 1. The first kappa shape index (κ1) is 16.8. The van der Waals surface area contributed by atoms with Crippen molar-refractivity contribution in [1.82, 2.24) is 0 Å². The molecule has 0 spiro atoms. The monoisotopic (exact) mass is 333 g/mol. The molecular weight excluding hydrogens is 318 g/mol. The Balaban J connectivity index is 2.10. The first-order valence-electron chi connectivity index (χ1n) is 6.94. The highest BCUT2D eigenvalue weighted by atomic mass is 35.5. The molecule has 1 amide bonds. The molecule has 6 heteroatoms. The van der Waals surface area contributed by atoms with Gasteiger partial charge in [0.05, 0.1) is 11.3 Å². The lowest BCUT2D eigenvalue weighted by Crippen LogP contribution is -2.31. The van der Waals surface area contributed by atoms with Gasteiger partial charge in [0.15, 0.2) is 6.10 Å². The molecular formula is C17H16ClNO4. The van der Waals surface area contributed by atoms with E-state index < -0.39 is 18.0 Å². The van der Waals surface area contributed by atoms with E-state index in [1.54, 1.807) is 37.3 Å². The molecule has 0 unspecified atom stereocenters. The number of anilines is 1. The molecule has 0 aliphatic rings. The standard InChI is InChI=1S/C17H16ClNO4/c1-10-9-12(18)7-8-15(10)23-11(2)16(20)19-14-6-4-3-5-13(14)17(21)22/h3-9,11H,1-2H3,(H,19,20)(H,21,22)/t11-/m1/s1. The summed E-state index contributed by atoms with van der Waals surface area (Å²) in [6, 6.07) is 11.3. The van der Waals surface area contributed by atoms with Crippen molar-refractivity contribution in [2.24, 2.45) is 0 Å². The van der Waals surface area contributed by atoms with Gasteiger partial charge < -0.3 is 15.2 Å². The lowest BCUT2D eigenvalue weighted by atomic mass is 10.1. The van der Waals surface area contributed by atoms with Gasteiger partial charge in [-0.2, -0.15) is 0 Å². The number of carbonyl (C=O) groups is 2. The molecule has 120 valence electrons. The minimum absolute atomic E-state index is 0.0238. The molecule has 0 fully saturated rings. The molecule has 2 N–H and O–H groups in total. The van der Waals surface area contributed by atoms with Crippen molar-refractivity contribution < 1.29 is 19.4 Å². The normalized spacial score (nSPS) is 11.6. The number of nitrogens with one attached hydrogen (secondary N) is 1. The van der Waals surface area contributed by atoms with Gasteiger partial charge in [0, 0.05) is 5.02 Å². The van der Waals surface area contributed by atoms with E-state index in [0.29, 0.717) is 10.8 Å². The molecule has 2 aromatic rings. The summed E-state index contributed by atoms with van der Waals surface area (Å²) >= 11 is 5.88. The van der Waals surface area contributed by atoms with Crippen molar-refractivity contribution in [3.05, 3.63) is 58.6 Å². The van der Waals surface area contributed by atoms with Crippen molar-refractivity contribution in [3.63, 3.8) is 0 Å². The van der Waals surface area contributed by atoms with Crippen LogP contribution in [0.15, 0.2) is 42.5 Å². The fourth-order valence-electron chi connectivity index (χ4n) is 2.00. The maximum Gasteiger partial charge on any atom is 0.337 e. The number of para-hydroxylation sites is 1. The number of carbonyl (C=O) groups excluding carboxylic acids is 1. The predicted molar refractivity (Wildman–Crippen MR) is 88.3 cm³/mol. The Morgan fingerprint density at radius 1 is 1.22 bits per heavy atom. The predicted octanol–water partition coefficient (Wildman–Crippen LogP) is 3.75. The van der Waals surface area contributed by atoms with Gasteiger partial charge in [-0.05, 0) is 49.7 Å². The molecule has 0 saturated carbocycles. The molecule has 0 bridgehead atoms. The molecule has 0 aliphatic heterocycles. The molecule has 2 aromatic carbocycles. The number of hydrogen-bond acceptors (Lipinski definition) is 3. The van der Waals surface area contributed by atoms with E-state index in [2.05, 4.69) is 5.32 Å². The maximum absolute atomic E-state index is 12.2. The molecule has 1 atom stereocenters. The average Bonchev–Trinajstić information content (AvgIpc) is 2.50. The third-order valence-electron chi connectivity index (χ3n) is 3.23. The molecule has 0 aromatic heterocycles. The van der Waals surface area contributed by atoms with Crippen LogP contribution in [-0.4, -0.2) is 23.1 Å². The Hall–Kier alpha value is -2.53. The molecule has 5 nitrogen and oxygen atoms in total. The Labute approximate surface area is 138 Å². The zero-order valence-electron chi connectivity index (χ0n) is 12.7. The molecule has 0 aliphatic carbocycles. The molecule has 0 radical (unpaired) electrons. The number of ether oxygens (including phenoxy) is 1. The summed E-state index contributed by atoms with van der Waals surface area (Å²) < 4.78 is 5.62. The van der Waals surface area contributed by atoms with Crippen LogP contribution in [0.2, 0.25) is 5.02 Å². The number of aromatic carboxylic acids is 1. The summed E-state index contributed by atoms with van der Waals surface area (Å²) in [6.07, 6.45) is -0.795. The van der Waals surface area contributed by atoms with Crippen LogP contribution in [0.25, 0.3) is 0 Å². The Bertz CT molecular complexity index is 745. The van der Waals surface area contributed by atoms with Crippen molar-refractivity contribution in [3.8, 4) is 5.75 Å². The van der Waals surface area contributed by atoms with E-state index in [1.807, 2.05) is 6.92 Å². The second kappa shape index (κ2) is 7.15. The highest BCUT2D eigenvalue weighted by Crippen LogP contribution is 2.23. The number of amides is 1. The third kappa shape index (κ3) is 4.23. The molecule has 0 heterocycles. The summed E-state index contributed by atoms with van der Waals surface area (Å²) in [5.74, 6) is -1.00. The average molecular weight is 334 g/mol. The van der Waals surface area contributed by atoms with Crippen LogP contribution in [0.3, 0.4) is 0 Å². The van der Waals surface area contributed by atoms with Crippen molar-refractivity contribution >= 4 is 29.2 Å². The third-order valence-corrected chi connectivity index (χ3v) is 3.46. The minimum Gasteiger partial charge on any atom is -0.481 e. The molecule has 2 rings (SSSR count). The smallest absolute Gasteiger partial charge is 0.337 e. The number of hydrogen-bond donors (Lipinski definition) is 2. The van der Waals surface area contributed by atoms with Crippen LogP contribution in [0.1, 0.15) is 22.8 Å². The zero-order chi connectivity index (χ0) is 17.0. The first-order chi connectivity index (χ1) is 10.9. The van der Waals surface area contributed by atoms with Crippen molar-refractivity contribution in [2.75, 3.05) is 5.32 Å². The van der Waals surface area contributed by atoms with Crippen LogP contribution in [-0.2, 0) is 4.79 Å². The van der Waals surface area contributed by atoms with E-state index in [0.717, 1.165) is 5.56 Å². The van der Waals surface area contributed by atoms with Gasteiger partial charge in [-0.15, -0.1) is 0 Å². The lowest BCUT2D eigenvalue weighted by Gasteiger charge is -2.17. The van der Waals surface area contributed by atoms with Gasteiger partial charge in [-0.3, -0.25) is 4.79 Å². The van der Waals surface area contributed by atoms with Gasteiger partial charge in [-0.1, -0.05) is 23.7 Å². The number of benzene rings is 2. The quantitative estimate of drug-likeness (QED) is 0.873. The van der Waals surface area contributed by atoms with Gasteiger partial charge >= 0.3 is 5.97 Å². The minimum atomic E-state index is -1.11. The Kier molecular flexibility index (Phi) is 5.24. The van der Waals surface area contributed by atoms with Gasteiger partial charge in [0.25, 0.3) is 5.91 Å². The second-order valence-electron chi connectivity index (χ2n) is 5.01. The highest BCUT2D eigenvalue weighted by Gasteiger charge is 2.18. The summed E-state index contributed by atoms with van der Waals surface area (Å²) in [5.41, 5.74) is 1.06. The Morgan fingerprint density at radius 3 is 2.57 bits per heavy atom. The maximum atomic E-state index is 12.2. The van der Waals surface area contributed by atoms with Crippen molar-refractivity contribution in [2.45, 2.75) is 20.0 Å². The summed E-state index contributed by atoms with van der Waals surface area (Å²) in [4.78, 5) is 23.4. The number of aryl methyl sites for hydroxylation is 1. The van der Waals surface area contributed by atoms with Gasteiger partial charge in [0.2, 0.25) is 0 Å². The highest BCUT2D eigenvalue weighted by molar-refractivity contribution is 6.30. The lowest BCUT2D eigenvalue weighted by molar-refractivity contribution is -0.122. The van der Waals surface area contributed by atoms with Crippen LogP contribution in [0, 0.1) is 6.92 Å². The Morgan fingerprint density at radius 2 is 1.91 bits per heavy atom. The summed E-state index contributed by atoms with van der Waals surface area (Å²) in [7, 11) is 0. The van der Waals surface area contributed by atoms with E-state index in [-0.39, 0.29) is 11.3 Å². The van der Waals surface area contributed by atoms with E-state index in [4.69, 9.17) is 21.4 Å². The first-order valence-corrected chi connectivity index (χ1v) is 7.32. The van der Waals surface area contributed by atoms with Crippen LogP contribution >= 0.6 is 11.6 Å². The topological polar surface area (TPSA) is 75.6 Å². The fraction of sp³-hybridized carbons (Fsp3) is 0.176. The fourth-order valence-corrected chi connectivity index (χ4v) is 2.23. The number of halogens is 1. The number of carboxylic acids is 1. The van der Waals surface area contributed by atoms with E-state index in [9.17, 15) is 9.59 Å². The second-order valence-corrected chi connectivity index (χ2v) is 5.45. The van der Waals surface area contributed by atoms with Gasteiger partial charge in [-0.25, -0.2) is 4.79 Å². The van der Waals surface area contributed by atoms with Crippen LogP contribution in [0.5, 0.6) is 5.75 Å². The summed E-state index contributed by atoms with van der Waals surface area (Å²) in [6.45, 7) is 3.42. The van der Waals surface area contributed by atoms with Crippen molar-refractivity contribution in [1.29, 1.82) is 0 Å². The van der Waals surface area contributed by atoms with E-state index >= 15 is 0 Å². The van der Waals surface area contributed by atoms with Crippen LogP contribution < -0.4 is 10.1 Å². The SMILES string of the molecule is Cc1cc(Cl)ccc1O[C@H](C)C(=O)Nc1ccccc1C(=O)O. The van der Waals surface area contributed by atoms with E-state index in [1.165, 1.54) is 12.1 Å². The van der Waals surface area contributed by atoms with Crippen LogP contribution in [0.4, 0.5) is 5.69 Å².